The number of hydrogen-bond donors (Lipinski definition) is 4. The Morgan fingerprint density at radius 2 is 1.83 bits per heavy atom. The van der Waals surface area contributed by atoms with Crippen molar-refractivity contribution in [2.75, 3.05) is 46.5 Å². The molecule has 2 aromatic rings. The lowest BCUT2D eigenvalue weighted by Gasteiger charge is -2.37. The molecule has 262 valence electrons. The Bertz CT molecular complexity index is 1500. The van der Waals surface area contributed by atoms with Gasteiger partial charge in [-0.2, -0.15) is 0 Å². The number of nitro benzene ring substituents is 1. The number of non-ortho nitro benzene ring substituents is 1. The van der Waals surface area contributed by atoms with Gasteiger partial charge >= 0.3 is 11.9 Å². The Labute approximate surface area is 281 Å². The molecule has 0 amide bonds. The third-order valence-electron chi connectivity index (χ3n) is 7.93. The number of para-hydroxylation sites is 2. The molecule has 0 radical (unpaired) electrons. The van der Waals surface area contributed by atoms with Crippen LogP contribution in [0.2, 0.25) is 0 Å². The van der Waals surface area contributed by atoms with Crippen molar-refractivity contribution in [1.29, 1.82) is 0 Å². The number of methoxy groups -OCH3 is 1. The summed E-state index contributed by atoms with van der Waals surface area (Å²) in [6.45, 7) is 11.1. The fraction of sp³-hybridized carbons (Fsp3) is 0.486. The van der Waals surface area contributed by atoms with Gasteiger partial charge in [0, 0.05) is 48.7 Å². The standard InChI is InChI=1S/C35H48N4O9/c1-7-9-17-38(22-35(4,5)36-19-26(40)21-48-29-16-11-10-15-28(29)46-6)20-27-32(34(43)47-8-2)31(30(33(41)42)23(3)37-27)24-13-12-14-25(18-24)39(44)45/h10-16,18,26,31,36-37,40H,7-9,17,19-22H2,1-6H3,(H,41,42). The van der Waals surface area contributed by atoms with Crippen molar-refractivity contribution in [3.8, 4) is 11.5 Å². The molecule has 1 aliphatic heterocycles. The van der Waals surface area contributed by atoms with Crippen LogP contribution in [0.15, 0.2) is 71.1 Å². The number of nitrogens with zero attached hydrogens (tertiary/aromatic N) is 2. The van der Waals surface area contributed by atoms with Crippen molar-refractivity contribution < 1.29 is 38.9 Å². The second kappa shape index (κ2) is 17.6. The van der Waals surface area contributed by atoms with Gasteiger partial charge in [-0.3, -0.25) is 15.0 Å². The number of carbonyl (C=O) groups is 2. The average Bonchev–Trinajstić information content (AvgIpc) is 3.04. The summed E-state index contributed by atoms with van der Waals surface area (Å²) in [6, 6.07) is 12.9. The Morgan fingerprint density at radius 1 is 1.12 bits per heavy atom. The summed E-state index contributed by atoms with van der Waals surface area (Å²) in [6.07, 6.45) is 0.963. The molecule has 0 spiro atoms. The summed E-state index contributed by atoms with van der Waals surface area (Å²) < 4.78 is 16.5. The van der Waals surface area contributed by atoms with E-state index in [-0.39, 0.29) is 43.1 Å². The number of aliphatic hydroxyl groups is 1. The van der Waals surface area contributed by atoms with Crippen LogP contribution in [0.4, 0.5) is 5.69 Å². The number of nitro groups is 1. The Hall–Kier alpha value is -4.46. The molecule has 1 heterocycles. The summed E-state index contributed by atoms with van der Waals surface area (Å²) in [7, 11) is 1.55. The number of aliphatic hydroxyl groups excluding tert-OH is 1. The van der Waals surface area contributed by atoms with Gasteiger partial charge in [0.15, 0.2) is 11.5 Å². The lowest BCUT2D eigenvalue weighted by Crippen LogP contribution is -2.53. The van der Waals surface area contributed by atoms with Gasteiger partial charge in [0.2, 0.25) is 0 Å². The molecule has 0 bridgehead atoms. The minimum Gasteiger partial charge on any atom is -0.493 e. The number of nitrogens with one attached hydrogen (secondary N) is 2. The minimum atomic E-state index is -1.25. The van der Waals surface area contributed by atoms with Crippen molar-refractivity contribution in [3.05, 3.63) is 86.7 Å². The van der Waals surface area contributed by atoms with Gasteiger partial charge in [0.1, 0.15) is 12.7 Å². The topological polar surface area (TPSA) is 173 Å². The highest BCUT2D eigenvalue weighted by Crippen LogP contribution is 2.40. The van der Waals surface area contributed by atoms with E-state index in [1.165, 1.54) is 18.2 Å². The Balaban J connectivity index is 1.90. The van der Waals surface area contributed by atoms with Gasteiger partial charge < -0.3 is 35.1 Å². The molecule has 13 nitrogen and oxygen atoms in total. The van der Waals surface area contributed by atoms with Crippen molar-refractivity contribution in [2.45, 2.75) is 65.0 Å². The molecule has 2 aromatic carbocycles. The highest BCUT2D eigenvalue weighted by molar-refractivity contribution is 5.99. The van der Waals surface area contributed by atoms with E-state index in [9.17, 15) is 29.9 Å². The number of carboxylic acids is 1. The van der Waals surface area contributed by atoms with Crippen LogP contribution in [0.1, 0.15) is 58.9 Å². The number of dihydropyridines is 1. The second-order valence-electron chi connectivity index (χ2n) is 12.3. The van der Waals surface area contributed by atoms with Crippen molar-refractivity contribution >= 4 is 17.6 Å². The predicted octanol–water partition coefficient (Wildman–Crippen LogP) is 4.38. The van der Waals surface area contributed by atoms with Crippen molar-refractivity contribution in [1.82, 2.24) is 15.5 Å². The van der Waals surface area contributed by atoms with Gasteiger partial charge in [-0.25, -0.2) is 9.59 Å². The van der Waals surface area contributed by atoms with Gasteiger partial charge in [0.05, 0.1) is 35.7 Å². The van der Waals surface area contributed by atoms with Crippen LogP contribution < -0.4 is 20.1 Å². The predicted molar refractivity (Wildman–Crippen MR) is 181 cm³/mol. The Morgan fingerprint density at radius 3 is 2.46 bits per heavy atom. The molecular formula is C35H48N4O9. The number of benzene rings is 2. The molecule has 1 aliphatic rings. The van der Waals surface area contributed by atoms with Crippen LogP contribution in [0.3, 0.4) is 0 Å². The number of hydrogen-bond acceptors (Lipinski definition) is 11. The molecule has 13 heteroatoms. The monoisotopic (exact) mass is 668 g/mol. The summed E-state index contributed by atoms with van der Waals surface area (Å²) in [5.41, 5.74) is 0.373. The van der Waals surface area contributed by atoms with Crippen LogP contribution in [-0.2, 0) is 14.3 Å². The molecule has 4 N–H and O–H groups in total. The molecule has 3 rings (SSSR count). The maximum Gasteiger partial charge on any atom is 0.336 e. The van der Waals surface area contributed by atoms with Crippen molar-refractivity contribution in [3.63, 3.8) is 0 Å². The number of β-amino-alcohol motifs (C(OH)–C–C–N with tert-alkyl or cyclic N) is 1. The van der Waals surface area contributed by atoms with Gasteiger partial charge in [-0.1, -0.05) is 37.6 Å². The average molecular weight is 669 g/mol. The molecule has 48 heavy (non-hydrogen) atoms. The highest BCUT2D eigenvalue weighted by atomic mass is 16.6. The zero-order valence-corrected chi connectivity index (χ0v) is 28.6. The van der Waals surface area contributed by atoms with Crippen molar-refractivity contribution in [2.24, 2.45) is 0 Å². The zero-order valence-electron chi connectivity index (χ0n) is 28.6. The van der Waals surface area contributed by atoms with E-state index in [1.807, 2.05) is 26.0 Å². The second-order valence-corrected chi connectivity index (χ2v) is 12.3. The highest BCUT2D eigenvalue weighted by Gasteiger charge is 2.39. The fourth-order valence-electron chi connectivity index (χ4n) is 5.72. The van der Waals surface area contributed by atoms with E-state index in [1.54, 1.807) is 39.2 Å². The number of carboxylic acid groups (broad SMARTS) is 1. The maximum absolute atomic E-state index is 13.6. The third-order valence-corrected chi connectivity index (χ3v) is 7.93. The number of esters is 1. The van der Waals surface area contributed by atoms with E-state index >= 15 is 0 Å². The maximum atomic E-state index is 13.6. The summed E-state index contributed by atoms with van der Waals surface area (Å²) >= 11 is 0. The molecule has 0 saturated carbocycles. The number of unbranched alkanes of at least 4 members (excludes halogenated alkanes) is 1. The first-order valence-corrected chi connectivity index (χ1v) is 16.1. The summed E-state index contributed by atoms with van der Waals surface area (Å²) in [5.74, 6) is -1.94. The van der Waals surface area contributed by atoms with Crippen LogP contribution in [0.25, 0.3) is 0 Å². The summed E-state index contributed by atoms with van der Waals surface area (Å²) in [5, 5.41) is 39.2. The van der Waals surface area contributed by atoms with Gasteiger partial charge in [0.25, 0.3) is 5.69 Å². The normalized spacial score (nSPS) is 15.6. The fourth-order valence-corrected chi connectivity index (χ4v) is 5.72. The number of allylic oxidation sites excluding steroid dienone is 1. The van der Waals surface area contributed by atoms with E-state index in [4.69, 9.17) is 14.2 Å². The molecule has 2 unspecified atom stereocenters. The molecule has 0 fully saturated rings. The zero-order chi connectivity index (χ0) is 35.4. The SMILES string of the molecule is CCCCN(CC1=C(C(=O)OCC)C(c2cccc([N+](=O)[O-])c2)C(C(=O)O)=C(C)N1)CC(C)(C)NCC(O)COc1ccccc1OC. The minimum absolute atomic E-state index is 0.0548. The third kappa shape index (κ3) is 10.3. The molecule has 0 aliphatic carbocycles. The number of ether oxygens (including phenoxy) is 3. The van der Waals surface area contributed by atoms with Gasteiger partial charge in [-0.15, -0.1) is 0 Å². The lowest BCUT2D eigenvalue weighted by molar-refractivity contribution is -0.384. The molecule has 0 saturated heterocycles. The van der Waals surface area contributed by atoms with Crippen LogP contribution in [0, 0.1) is 10.1 Å². The first kappa shape index (κ1) is 38.0. The van der Waals surface area contributed by atoms with E-state index in [0.29, 0.717) is 41.5 Å². The Kier molecular flexibility index (Phi) is 13.9. The largest absolute Gasteiger partial charge is 0.493 e. The van der Waals surface area contributed by atoms with Crippen LogP contribution in [-0.4, -0.2) is 90.1 Å². The number of carbonyl (C=O) groups excluding carboxylic acids is 1. The lowest BCUT2D eigenvalue weighted by atomic mass is 9.80. The first-order chi connectivity index (χ1) is 22.8. The number of aliphatic carboxylic acids is 1. The molecule has 2 atom stereocenters. The first-order valence-electron chi connectivity index (χ1n) is 16.1. The molecule has 0 aromatic heterocycles. The van der Waals surface area contributed by atoms with Crippen LogP contribution in [0.5, 0.6) is 11.5 Å². The van der Waals surface area contributed by atoms with E-state index < -0.39 is 34.4 Å². The quantitative estimate of drug-likeness (QED) is 0.0947. The smallest absolute Gasteiger partial charge is 0.336 e. The van der Waals surface area contributed by atoms with Crippen LogP contribution >= 0.6 is 0 Å². The number of rotatable bonds is 19. The molecular weight excluding hydrogens is 620 g/mol. The summed E-state index contributed by atoms with van der Waals surface area (Å²) in [4.78, 5) is 39.4. The van der Waals surface area contributed by atoms with Gasteiger partial charge in [-0.05, 0) is 58.4 Å². The van der Waals surface area contributed by atoms with E-state index in [0.717, 1.165) is 12.8 Å². The van der Waals surface area contributed by atoms with E-state index in [2.05, 4.69) is 22.5 Å².